The van der Waals surface area contributed by atoms with E-state index in [1.807, 2.05) is 0 Å². The maximum Gasteiger partial charge on any atom is 0.0510 e. The Morgan fingerprint density at radius 3 is 2.45 bits per heavy atom. The minimum absolute atomic E-state index is 0.608. The Kier molecular flexibility index (Phi) is 6.79. The summed E-state index contributed by atoms with van der Waals surface area (Å²) in [6, 6.07) is 1.41. The molecule has 0 radical (unpaired) electrons. The van der Waals surface area contributed by atoms with Gasteiger partial charge in [0.05, 0.1) is 6.61 Å². The standard InChI is InChI=1S/C17H34N2O/c1-4-14-6-8-16(9-7-14)19(3)12-17(18-5-2)15-10-11-20-13-15/h14-18H,4-13H2,1-3H3. The molecule has 2 fully saturated rings. The van der Waals surface area contributed by atoms with Gasteiger partial charge >= 0.3 is 0 Å². The molecule has 1 heterocycles. The number of nitrogens with one attached hydrogen (secondary N) is 1. The smallest absolute Gasteiger partial charge is 0.0510 e. The Balaban J connectivity index is 1.80. The van der Waals surface area contributed by atoms with Gasteiger partial charge in [0.1, 0.15) is 0 Å². The summed E-state index contributed by atoms with van der Waals surface area (Å²) in [6.45, 7) is 8.72. The van der Waals surface area contributed by atoms with Crippen molar-refractivity contribution in [3.8, 4) is 0 Å². The first-order chi connectivity index (χ1) is 9.74. The van der Waals surface area contributed by atoms with Crippen LogP contribution in [0, 0.1) is 11.8 Å². The van der Waals surface area contributed by atoms with Crippen molar-refractivity contribution in [3.05, 3.63) is 0 Å². The molecule has 0 aromatic heterocycles. The first-order valence-electron chi connectivity index (χ1n) is 8.75. The van der Waals surface area contributed by atoms with Crippen molar-refractivity contribution in [3.63, 3.8) is 0 Å². The molecule has 1 saturated carbocycles. The van der Waals surface area contributed by atoms with Gasteiger partial charge in [0.2, 0.25) is 0 Å². The molecule has 1 N–H and O–H groups in total. The number of hydrogen-bond acceptors (Lipinski definition) is 3. The lowest BCUT2D eigenvalue weighted by Gasteiger charge is -2.37. The summed E-state index contributed by atoms with van der Waals surface area (Å²) in [5.41, 5.74) is 0. The van der Waals surface area contributed by atoms with Crippen molar-refractivity contribution in [1.82, 2.24) is 10.2 Å². The average molecular weight is 282 g/mol. The zero-order valence-corrected chi connectivity index (χ0v) is 13.7. The summed E-state index contributed by atoms with van der Waals surface area (Å²) >= 11 is 0. The van der Waals surface area contributed by atoms with E-state index < -0.39 is 0 Å². The Bertz CT molecular complexity index is 258. The van der Waals surface area contributed by atoms with Crippen LogP contribution in [0.4, 0.5) is 0 Å². The monoisotopic (exact) mass is 282 g/mol. The first kappa shape index (κ1) is 16.3. The molecule has 1 saturated heterocycles. The van der Waals surface area contributed by atoms with Gasteiger partial charge in [-0.3, -0.25) is 0 Å². The van der Waals surface area contributed by atoms with Gasteiger partial charge < -0.3 is 15.0 Å². The molecule has 2 atom stereocenters. The van der Waals surface area contributed by atoms with Crippen LogP contribution in [0.2, 0.25) is 0 Å². The van der Waals surface area contributed by atoms with E-state index in [4.69, 9.17) is 4.74 Å². The van der Waals surface area contributed by atoms with Crippen molar-refractivity contribution >= 4 is 0 Å². The zero-order valence-electron chi connectivity index (χ0n) is 13.7. The van der Waals surface area contributed by atoms with Crippen molar-refractivity contribution in [2.75, 3.05) is 33.4 Å². The highest BCUT2D eigenvalue weighted by molar-refractivity contribution is 4.85. The van der Waals surface area contributed by atoms with E-state index in [0.717, 1.165) is 31.7 Å². The normalized spacial score (nSPS) is 32.7. The van der Waals surface area contributed by atoms with Crippen LogP contribution < -0.4 is 5.32 Å². The lowest BCUT2D eigenvalue weighted by Crippen LogP contribution is -2.48. The van der Waals surface area contributed by atoms with E-state index in [9.17, 15) is 0 Å². The van der Waals surface area contributed by atoms with Crippen molar-refractivity contribution in [1.29, 1.82) is 0 Å². The van der Waals surface area contributed by atoms with Gasteiger partial charge in [-0.25, -0.2) is 0 Å². The van der Waals surface area contributed by atoms with Gasteiger partial charge in [-0.15, -0.1) is 0 Å². The molecule has 0 spiro atoms. The molecule has 3 heteroatoms. The fourth-order valence-corrected chi connectivity index (χ4v) is 3.97. The number of ether oxygens (including phenoxy) is 1. The third-order valence-corrected chi connectivity index (χ3v) is 5.50. The predicted octanol–water partition coefficient (Wildman–Crippen LogP) is 2.90. The molecular weight excluding hydrogens is 248 g/mol. The topological polar surface area (TPSA) is 24.5 Å². The van der Waals surface area contributed by atoms with Crippen LogP contribution in [0.25, 0.3) is 0 Å². The Labute approximate surface area is 125 Å². The van der Waals surface area contributed by atoms with E-state index in [2.05, 4.69) is 31.1 Å². The van der Waals surface area contributed by atoms with Crippen LogP contribution in [0.15, 0.2) is 0 Å². The van der Waals surface area contributed by atoms with Crippen molar-refractivity contribution in [2.45, 2.75) is 64.5 Å². The Morgan fingerprint density at radius 1 is 1.15 bits per heavy atom. The minimum Gasteiger partial charge on any atom is -0.381 e. The average Bonchev–Trinajstić information content (AvgIpc) is 3.01. The SMILES string of the molecule is CCNC(CN(C)C1CCC(CC)CC1)C1CCOC1. The van der Waals surface area contributed by atoms with E-state index >= 15 is 0 Å². The minimum atomic E-state index is 0.608. The Hall–Kier alpha value is -0.120. The molecule has 1 aliphatic carbocycles. The van der Waals surface area contributed by atoms with Gasteiger partial charge in [0, 0.05) is 31.2 Å². The van der Waals surface area contributed by atoms with E-state index in [-0.39, 0.29) is 0 Å². The lowest BCUT2D eigenvalue weighted by molar-refractivity contribution is 0.128. The molecule has 0 aromatic rings. The molecule has 20 heavy (non-hydrogen) atoms. The second-order valence-electron chi connectivity index (χ2n) is 6.81. The van der Waals surface area contributed by atoms with Gasteiger partial charge in [-0.2, -0.15) is 0 Å². The molecule has 1 aliphatic heterocycles. The number of nitrogens with zero attached hydrogens (tertiary/aromatic N) is 1. The quantitative estimate of drug-likeness (QED) is 0.777. The summed E-state index contributed by atoms with van der Waals surface area (Å²) in [6.07, 6.45) is 8.27. The molecule has 0 bridgehead atoms. The highest BCUT2D eigenvalue weighted by Crippen LogP contribution is 2.29. The van der Waals surface area contributed by atoms with E-state index in [1.165, 1.54) is 45.1 Å². The third-order valence-electron chi connectivity index (χ3n) is 5.50. The summed E-state index contributed by atoms with van der Waals surface area (Å²) in [5, 5.41) is 3.69. The van der Waals surface area contributed by atoms with Crippen molar-refractivity contribution in [2.24, 2.45) is 11.8 Å². The molecule has 3 nitrogen and oxygen atoms in total. The summed E-state index contributed by atoms with van der Waals surface area (Å²) in [5.74, 6) is 1.71. The number of hydrogen-bond donors (Lipinski definition) is 1. The summed E-state index contributed by atoms with van der Waals surface area (Å²) in [4.78, 5) is 2.62. The number of rotatable bonds is 7. The second kappa shape index (κ2) is 8.35. The van der Waals surface area contributed by atoms with Gasteiger partial charge in [-0.1, -0.05) is 20.3 Å². The molecule has 2 aliphatic rings. The van der Waals surface area contributed by atoms with E-state index in [0.29, 0.717) is 12.0 Å². The van der Waals surface area contributed by atoms with Crippen LogP contribution in [0.3, 0.4) is 0 Å². The third kappa shape index (κ3) is 4.44. The summed E-state index contributed by atoms with van der Waals surface area (Å²) in [7, 11) is 2.33. The van der Waals surface area contributed by atoms with E-state index in [1.54, 1.807) is 0 Å². The van der Waals surface area contributed by atoms with Crippen LogP contribution in [0.1, 0.15) is 52.4 Å². The Morgan fingerprint density at radius 2 is 1.90 bits per heavy atom. The fourth-order valence-electron chi connectivity index (χ4n) is 3.97. The van der Waals surface area contributed by atoms with Crippen LogP contribution in [0.5, 0.6) is 0 Å². The molecular formula is C17H34N2O. The molecule has 2 rings (SSSR count). The van der Waals surface area contributed by atoms with Crippen molar-refractivity contribution < 1.29 is 4.74 Å². The van der Waals surface area contributed by atoms with Crippen LogP contribution in [-0.2, 0) is 4.74 Å². The maximum absolute atomic E-state index is 5.58. The van der Waals surface area contributed by atoms with Crippen LogP contribution >= 0.6 is 0 Å². The molecule has 118 valence electrons. The number of likely N-dealkylation sites (N-methyl/N-ethyl adjacent to an activating group) is 2. The maximum atomic E-state index is 5.58. The van der Waals surface area contributed by atoms with Gasteiger partial charge in [-0.05, 0) is 51.6 Å². The second-order valence-corrected chi connectivity index (χ2v) is 6.81. The molecule has 0 amide bonds. The summed E-state index contributed by atoms with van der Waals surface area (Å²) < 4.78 is 5.58. The lowest BCUT2D eigenvalue weighted by atomic mass is 9.84. The van der Waals surface area contributed by atoms with Gasteiger partial charge in [0.15, 0.2) is 0 Å². The van der Waals surface area contributed by atoms with Crippen LogP contribution in [-0.4, -0.2) is 50.3 Å². The highest BCUT2D eigenvalue weighted by Gasteiger charge is 2.29. The molecule has 2 unspecified atom stereocenters. The highest BCUT2D eigenvalue weighted by atomic mass is 16.5. The predicted molar refractivity (Wildman–Crippen MR) is 85.1 cm³/mol. The fraction of sp³-hybridized carbons (Fsp3) is 1.00. The molecule has 0 aromatic carbocycles. The van der Waals surface area contributed by atoms with Gasteiger partial charge in [0.25, 0.3) is 0 Å². The zero-order chi connectivity index (χ0) is 14.4. The largest absolute Gasteiger partial charge is 0.381 e. The first-order valence-corrected chi connectivity index (χ1v) is 8.75.